The van der Waals surface area contributed by atoms with Gasteiger partial charge in [-0.2, -0.15) is 0 Å². The Kier molecular flexibility index (Phi) is 1.49. The van der Waals surface area contributed by atoms with Crippen molar-refractivity contribution in [1.82, 2.24) is 0 Å². The van der Waals surface area contributed by atoms with Gasteiger partial charge in [0.2, 0.25) is 0 Å². The molecule has 0 saturated heterocycles. The third-order valence-corrected chi connectivity index (χ3v) is 5.79. The Balaban J connectivity index is 3.41. The molecule has 0 fully saturated rings. The van der Waals surface area contributed by atoms with Crippen molar-refractivity contribution in [3.63, 3.8) is 0 Å². The molecule has 1 rings (SSSR count). The minimum atomic E-state index is 0.340. The molecule has 1 aromatic heterocycles. The molecule has 1 nitrogen and oxygen atoms in total. The summed E-state index contributed by atoms with van der Waals surface area (Å²) in [5, 5.41) is 0. The van der Waals surface area contributed by atoms with Crippen LogP contribution in [0.15, 0.2) is 15.8 Å². The van der Waals surface area contributed by atoms with E-state index in [0.29, 0.717) is 29.6 Å². The van der Waals surface area contributed by atoms with E-state index in [-0.39, 0.29) is 0 Å². The maximum atomic E-state index is 10.2. The molecule has 0 aliphatic carbocycles. The molecule has 0 aromatic carbocycles. The Bertz CT molecular complexity index is 147. The second kappa shape index (κ2) is 1.94. The first-order chi connectivity index (χ1) is 2.89. The van der Waals surface area contributed by atoms with E-state index < -0.39 is 0 Å². The molecular formula is C3H2OSe2. The molecule has 1 heterocycles. The van der Waals surface area contributed by atoms with Crippen molar-refractivity contribution in [2.45, 2.75) is 0 Å². The molecule has 0 amide bonds. The van der Waals surface area contributed by atoms with Gasteiger partial charge in [0.1, 0.15) is 0 Å². The Morgan fingerprint density at radius 2 is 2.50 bits per heavy atom. The minimum absolute atomic E-state index is 0.340. The molecule has 32 valence electrons. The fourth-order valence-corrected chi connectivity index (χ4v) is 4.42. The average Bonchev–Trinajstić information content (AvgIpc) is 1.86. The number of hydrogen-bond donors (Lipinski definition) is 0. The second-order valence-corrected chi connectivity index (χ2v) is 6.89. The first kappa shape index (κ1) is 4.60. The summed E-state index contributed by atoms with van der Waals surface area (Å²) in [6.07, 6.45) is 0. The molecule has 1 aromatic rings. The molecular weight excluding hydrogens is 210 g/mol. The molecule has 0 aliphatic rings. The van der Waals surface area contributed by atoms with Gasteiger partial charge in [0.05, 0.1) is 0 Å². The van der Waals surface area contributed by atoms with Crippen LogP contribution in [-0.4, -0.2) is 25.3 Å². The summed E-state index contributed by atoms with van der Waals surface area (Å²) in [5.41, 5.74) is 0. The van der Waals surface area contributed by atoms with Crippen LogP contribution in [-0.2, 0) is 0 Å². The van der Waals surface area contributed by atoms with E-state index in [1.54, 1.807) is 6.07 Å². The SMILES string of the molecule is O=c1cc[se][se]1. The van der Waals surface area contributed by atoms with Crippen LogP contribution in [0.1, 0.15) is 0 Å². The summed E-state index contributed by atoms with van der Waals surface area (Å²) < 4.78 is 0.363. The Morgan fingerprint density at radius 1 is 1.67 bits per heavy atom. The summed E-state index contributed by atoms with van der Waals surface area (Å²) >= 11 is 0.914. The van der Waals surface area contributed by atoms with Crippen molar-refractivity contribution in [2.75, 3.05) is 0 Å². The summed E-state index contributed by atoms with van der Waals surface area (Å²) in [6.45, 7) is 0. The van der Waals surface area contributed by atoms with Crippen LogP contribution in [0, 0.1) is 0 Å². The van der Waals surface area contributed by atoms with Crippen molar-refractivity contribution in [1.29, 1.82) is 0 Å². The Labute approximate surface area is 45.6 Å². The standard InChI is InChI=1S/C3H2OSe2/c4-3-1-2-5-6-3/h1-2H. The van der Waals surface area contributed by atoms with Crippen molar-refractivity contribution >= 4 is 25.3 Å². The van der Waals surface area contributed by atoms with E-state index in [1.807, 2.05) is 4.94 Å². The topological polar surface area (TPSA) is 17.1 Å². The van der Waals surface area contributed by atoms with Crippen LogP contribution in [0.4, 0.5) is 0 Å². The van der Waals surface area contributed by atoms with Crippen molar-refractivity contribution in [3.05, 3.63) is 20.1 Å². The molecule has 6 heavy (non-hydrogen) atoms. The van der Waals surface area contributed by atoms with Crippen LogP contribution in [0.2, 0.25) is 0 Å². The first-order valence-corrected chi connectivity index (χ1v) is 7.61. The average molecular weight is 212 g/mol. The van der Waals surface area contributed by atoms with Gasteiger partial charge in [0.15, 0.2) is 0 Å². The molecule has 0 bridgehead atoms. The molecule has 3 heteroatoms. The zero-order valence-electron chi connectivity index (χ0n) is 2.88. The van der Waals surface area contributed by atoms with Gasteiger partial charge in [0, 0.05) is 0 Å². The third kappa shape index (κ3) is 0.954. The summed E-state index contributed by atoms with van der Waals surface area (Å²) in [5.74, 6) is 0. The van der Waals surface area contributed by atoms with E-state index in [9.17, 15) is 4.79 Å². The van der Waals surface area contributed by atoms with E-state index in [1.165, 1.54) is 0 Å². The molecule has 0 radical (unpaired) electrons. The quantitative estimate of drug-likeness (QED) is 0.512. The third-order valence-electron chi connectivity index (χ3n) is 0.390. The molecule has 0 saturated carbocycles. The Hall–Kier alpha value is 0.449. The zero-order valence-corrected chi connectivity index (χ0v) is 6.31. The molecule has 0 atom stereocenters. The van der Waals surface area contributed by atoms with Crippen molar-refractivity contribution in [3.8, 4) is 0 Å². The van der Waals surface area contributed by atoms with E-state index in [2.05, 4.69) is 0 Å². The fraction of sp³-hybridized carbons (Fsp3) is 0. The van der Waals surface area contributed by atoms with Gasteiger partial charge >= 0.3 is 45.4 Å². The predicted octanol–water partition coefficient (Wildman–Crippen LogP) is -0.839. The van der Waals surface area contributed by atoms with Crippen LogP contribution in [0.5, 0.6) is 0 Å². The van der Waals surface area contributed by atoms with Crippen LogP contribution >= 0.6 is 0 Å². The summed E-state index contributed by atoms with van der Waals surface area (Å²) in [4.78, 5) is 12.2. The van der Waals surface area contributed by atoms with E-state index in [4.69, 9.17) is 0 Å². The predicted molar refractivity (Wildman–Crippen MR) is 26.6 cm³/mol. The van der Waals surface area contributed by atoms with Crippen molar-refractivity contribution < 1.29 is 0 Å². The van der Waals surface area contributed by atoms with E-state index >= 15 is 0 Å². The number of hydrogen-bond acceptors (Lipinski definition) is 1. The molecule has 0 unspecified atom stereocenters. The van der Waals surface area contributed by atoms with Gasteiger partial charge in [0.25, 0.3) is 0 Å². The van der Waals surface area contributed by atoms with Crippen molar-refractivity contribution in [2.24, 2.45) is 0 Å². The van der Waals surface area contributed by atoms with Gasteiger partial charge in [-0.1, -0.05) is 0 Å². The van der Waals surface area contributed by atoms with Gasteiger partial charge in [-0.25, -0.2) is 0 Å². The summed E-state index contributed by atoms with van der Waals surface area (Å²) in [7, 11) is 0. The molecule has 0 spiro atoms. The van der Waals surface area contributed by atoms with E-state index in [0.717, 1.165) is 0 Å². The second-order valence-electron chi connectivity index (χ2n) is 0.801. The summed E-state index contributed by atoms with van der Waals surface area (Å²) in [6, 6.07) is 1.69. The maximum absolute atomic E-state index is 10.2. The van der Waals surface area contributed by atoms with Gasteiger partial charge in [-0.3, -0.25) is 0 Å². The normalized spacial score (nSPS) is 8.67. The zero-order chi connectivity index (χ0) is 4.41. The van der Waals surface area contributed by atoms with Gasteiger partial charge < -0.3 is 0 Å². The monoisotopic (exact) mass is 214 g/mol. The first-order valence-electron chi connectivity index (χ1n) is 1.43. The fourth-order valence-electron chi connectivity index (χ4n) is 0.186. The van der Waals surface area contributed by atoms with Gasteiger partial charge in [-0.05, 0) is 0 Å². The van der Waals surface area contributed by atoms with Crippen LogP contribution in [0.25, 0.3) is 0 Å². The van der Waals surface area contributed by atoms with Crippen LogP contribution in [0.3, 0.4) is 0 Å². The number of rotatable bonds is 0. The van der Waals surface area contributed by atoms with Crippen LogP contribution < -0.4 is 4.30 Å². The molecule has 0 aliphatic heterocycles. The Morgan fingerprint density at radius 3 is 2.67 bits per heavy atom. The van der Waals surface area contributed by atoms with Gasteiger partial charge in [-0.15, -0.1) is 0 Å². The molecule has 0 N–H and O–H groups in total.